The molecule has 1 amide bonds. The van der Waals surface area contributed by atoms with Gasteiger partial charge in [-0.15, -0.1) is 0 Å². The molecule has 1 saturated heterocycles. The molecule has 1 aliphatic heterocycles. The average Bonchev–Trinajstić information content (AvgIpc) is 3.09. The molecule has 1 aromatic heterocycles. The van der Waals surface area contributed by atoms with Crippen LogP contribution in [-0.2, 0) is 4.74 Å². The van der Waals surface area contributed by atoms with E-state index in [1.165, 1.54) is 12.4 Å². The largest absolute Gasteiger partial charge is 0.439 e. The van der Waals surface area contributed by atoms with Crippen LogP contribution in [0.2, 0.25) is 10.0 Å². The number of carbonyl (C=O) groups excluding carboxylic acids is 1. The summed E-state index contributed by atoms with van der Waals surface area (Å²) in [6, 6.07) is 8.87. The van der Waals surface area contributed by atoms with E-state index < -0.39 is 29.9 Å². The number of aromatic nitrogens is 1. The van der Waals surface area contributed by atoms with Crippen molar-refractivity contribution in [1.29, 1.82) is 0 Å². The summed E-state index contributed by atoms with van der Waals surface area (Å²) in [5.74, 6) is 4.58. The number of hydrogen-bond acceptors (Lipinski definition) is 3. The second kappa shape index (κ2) is 8.31. The van der Waals surface area contributed by atoms with Gasteiger partial charge in [-0.2, -0.15) is 0 Å². The molecule has 3 aromatic rings. The fraction of sp³-hybridized carbons (Fsp3) is 0.0909. The number of nitrogens with one attached hydrogen (secondary N) is 1. The number of ether oxygens (including phenoxy) is 1. The first-order valence-corrected chi connectivity index (χ1v) is 9.50. The van der Waals surface area contributed by atoms with Gasteiger partial charge >= 0.3 is 6.09 Å². The molecule has 4 rings (SSSR count). The maximum absolute atomic E-state index is 14.2. The summed E-state index contributed by atoms with van der Waals surface area (Å²) < 4.78 is 33.1. The molecule has 0 saturated carbocycles. The fourth-order valence-electron chi connectivity index (χ4n) is 3.12. The van der Waals surface area contributed by atoms with Crippen LogP contribution in [0.5, 0.6) is 0 Å². The van der Waals surface area contributed by atoms with Crippen molar-refractivity contribution >= 4 is 29.3 Å². The predicted molar refractivity (Wildman–Crippen MR) is 108 cm³/mol. The van der Waals surface area contributed by atoms with E-state index in [0.29, 0.717) is 26.7 Å². The van der Waals surface area contributed by atoms with Gasteiger partial charge in [-0.05, 0) is 48.0 Å². The summed E-state index contributed by atoms with van der Waals surface area (Å²) in [5, 5.41) is 3.53. The monoisotopic (exact) mass is 444 g/mol. The van der Waals surface area contributed by atoms with Gasteiger partial charge in [-0.25, -0.2) is 13.6 Å². The summed E-state index contributed by atoms with van der Waals surface area (Å²) in [4.78, 5) is 16.0. The van der Waals surface area contributed by atoms with E-state index in [1.807, 2.05) is 0 Å². The Kier molecular flexibility index (Phi) is 5.58. The van der Waals surface area contributed by atoms with Gasteiger partial charge in [0.25, 0.3) is 0 Å². The molecule has 0 radical (unpaired) electrons. The second-order valence-corrected chi connectivity index (χ2v) is 7.40. The minimum Gasteiger partial charge on any atom is -0.439 e. The Bertz CT molecular complexity index is 1190. The normalized spacial score (nSPS) is 17.7. The molecule has 0 aliphatic carbocycles. The summed E-state index contributed by atoms with van der Waals surface area (Å²) in [5.41, 5.74) is 1.63. The molecule has 30 heavy (non-hydrogen) atoms. The van der Waals surface area contributed by atoms with Gasteiger partial charge in [0.2, 0.25) is 0 Å². The maximum Gasteiger partial charge on any atom is 0.408 e. The zero-order valence-electron chi connectivity index (χ0n) is 15.1. The number of pyridine rings is 1. The van der Waals surface area contributed by atoms with Crippen molar-refractivity contribution < 1.29 is 18.3 Å². The molecule has 0 bridgehead atoms. The summed E-state index contributed by atoms with van der Waals surface area (Å²) in [6.07, 6.45) is 1.26. The van der Waals surface area contributed by atoms with Crippen molar-refractivity contribution in [1.82, 2.24) is 10.3 Å². The van der Waals surface area contributed by atoms with Crippen molar-refractivity contribution in [3.63, 3.8) is 0 Å². The standard InChI is InChI=1S/C22H12Cl2F2N2O2/c23-15-6-12(7-16(24)8-15)1-2-13-5-14(11-27-10-13)20-21(30-22(29)28-20)18-9-17(25)3-4-19(18)26/h3-11,20-21H,(H,28,29)/t20-,21-/m1/s1. The second-order valence-electron chi connectivity index (χ2n) is 6.53. The van der Waals surface area contributed by atoms with Crippen LogP contribution in [0.3, 0.4) is 0 Å². The van der Waals surface area contributed by atoms with Crippen molar-refractivity contribution in [2.75, 3.05) is 0 Å². The van der Waals surface area contributed by atoms with Gasteiger partial charge in [-0.3, -0.25) is 4.98 Å². The molecule has 0 spiro atoms. The molecule has 1 aliphatic rings. The predicted octanol–water partition coefficient (Wildman–Crippen LogP) is 5.59. The highest BCUT2D eigenvalue weighted by Crippen LogP contribution is 2.38. The zero-order valence-corrected chi connectivity index (χ0v) is 16.6. The highest BCUT2D eigenvalue weighted by atomic mass is 35.5. The number of benzene rings is 2. The first kappa shape index (κ1) is 20.1. The molecule has 2 heterocycles. The summed E-state index contributed by atoms with van der Waals surface area (Å²) in [6.45, 7) is 0. The number of nitrogens with zero attached hydrogens (tertiary/aromatic N) is 1. The molecule has 1 N–H and O–H groups in total. The lowest BCUT2D eigenvalue weighted by molar-refractivity contribution is 0.130. The van der Waals surface area contributed by atoms with Gasteiger partial charge in [0.1, 0.15) is 17.7 Å². The Balaban J connectivity index is 1.66. The molecule has 150 valence electrons. The number of carbonyl (C=O) groups is 1. The lowest BCUT2D eigenvalue weighted by Crippen LogP contribution is -2.20. The smallest absolute Gasteiger partial charge is 0.408 e. The lowest BCUT2D eigenvalue weighted by atomic mass is 9.96. The Morgan fingerprint density at radius 1 is 0.967 bits per heavy atom. The van der Waals surface area contributed by atoms with Crippen LogP contribution in [0.15, 0.2) is 54.9 Å². The van der Waals surface area contributed by atoms with Crippen LogP contribution in [0, 0.1) is 23.5 Å². The van der Waals surface area contributed by atoms with Crippen molar-refractivity contribution in [3.8, 4) is 11.8 Å². The van der Waals surface area contributed by atoms with Crippen LogP contribution >= 0.6 is 23.2 Å². The van der Waals surface area contributed by atoms with Crippen LogP contribution in [0.1, 0.15) is 34.4 Å². The minimum atomic E-state index is -1.05. The minimum absolute atomic E-state index is 0.0663. The first-order valence-electron chi connectivity index (χ1n) is 8.74. The molecule has 2 atom stereocenters. The van der Waals surface area contributed by atoms with E-state index in [0.717, 1.165) is 18.2 Å². The quantitative estimate of drug-likeness (QED) is 0.524. The van der Waals surface area contributed by atoms with E-state index in [2.05, 4.69) is 22.1 Å². The van der Waals surface area contributed by atoms with Gasteiger partial charge < -0.3 is 10.1 Å². The number of hydrogen-bond donors (Lipinski definition) is 1. The van der Waals surface area contributed by atoms with E-state index in [9.17, 15) is 13.6 Å². The molecule has 1 fully saturated rings. The average molecular weight is 445 g/mol. The number of cyclic esters (lactones) is 1. The maximum atomic E-state index is 14.2. The van der Waals surface area contributed by atoms with Crippen LogP contribution < -0.4 is 5.32 Å². The lowest BCUT2D eigenvalue weighted by Gasteiger charge is -2.18. The highest BCUT2D eigenvalue weighted by Gasteiger charge is 2.38. The van der Waals surface area contributed by atoms with Gasteiger partial charge in [0, 0.05) is 39.1 Å². The summed E-state index contributed by atoms with van der Waals surface area (Å²) >= 11 is 12.0. The number of amides is 1. The Morgan fingerprint density at radius 3 is 2.47 bits per heavy atom. The third kappa shape index (κ3) is 4.38. The van der Waals surface area contributed by atoms with Gasteiger partial charge in [0.15, 0.2) is 6.10 Å². The Labute approximate surface area is 180 Å². The number of halogens is 4. The third-order valence-electron chi connectivity index (χ3n) is 4.41. The highest BCUT2D eigenvalue weighted by molar-refractivity contribution is 6.34. The number of alkyl carbamates (subject to hydrolysis) is 1. The Morgan fingerprint density at radius 2 is 1.70 bits per heavy atom. The van der Waals surface area contributed by atoms with Gasteiger partial charge in [-0.1, -0.05) is 35.0 Å². The fourth-order valence-corrected chi connectivity index (χ4v) is 3.65. The van der Waals surface area contributed by atoms with Crippen LogP contribution in [0.4, 0.5) is 13.6 Å². The van der Waals surface area contributed by atoms with E-state index in [1.54, 1.807) is 24.3 Å². The van der Waals surface area contributed by atoms with Crippen molar-refractivity contribution in [2.45, 2.75) is 12.1 Å². The molecule has 4 nitrogen and oxygen atoms in total. The topological polar surface area (TPSA) is 51.2 Å². The van der Waals surface area contributed by atoms with E-state index >= 15 is 0 Å². The van der Waals surface area contributed by atoms with Gasteiger partial charge in [0.05, 0.1) is 0 Å². The third-order valence-corrected chi connectivity index (χ3v) is 4.84. The number of rotatable bonds is 2. The Hall–Kier alpha value is -3.14. The van der Waals surface area contributed by atoms with Crippen LogP contribution in [0.25, 0.3) is 0 Å². The van der Waals surface area contributed by atoms with Crippen molar-refractivity contribution in [3.05, 3.63) is 98.8 Å². The zero-order chi connectivity index (χ0) is 21.3. The molecule has 8 heteroatoms. The summed E-state index contributed by atoms with van der Waals surface area (Å²) in [7, 11) is 0. The van der Waals surface area contributed by atoms with E-state index in [4.69, 9.17) is 27.9 Å². The van der Waals surface area contributed by atoms with Crippen LogP contribution in [-0.4, -0.2) is 11.1 Å². The first-order chi connectivity index (χ1) is 14.4. The molecule has 2 aromatic carbocycles. The van der Waals surface area contributed by atoms with Crippen molar-refractivity contribution in [2.24, 2.45) is 0 Å². The SMILES string of the molecule is O=C1N[C@H](c2cncc(C#Cc3cc(Cl)cc(Cl)c3)c2)[C@@H](c2cc(F)ccc2F)O1. The van der Waals surface area contributed by atoms with E-state index in [-0.39, 0.29) is 5.56 Å². The molecular formula is C22H12Cl2F2N2O2. The molecular weight excluding hydrogens is 433 g/mol. The molecule has 0 unspecified atom stereocenters.